The second-order valence-electron chi connectivity index (χ2n) is 5.60. The molecule has 5 nitrogen and oxygen atoms in total. The molecule has 112 valence electrons. The fourth-order valence-corrected chi connectivity index (χ4v) is 2.81. The number of anilines is 2. The van der Waals surface area contributed by atoms with Crippen molar-refractivity contribution in [3.05, 3.63) is 6.07 Å². The van der Waals surface area contributed by atoms with Crippen LogP contribution in [0.15, 0.2) is 11.2 Å². The third-order valence-electron chi connectivity index (χ3n) is 3.30. The molecule has 1 fully saturated rings. The third-order valence-corrected chi connectivity index (χ3v) is 3.84. The number of nitrogens with one attached hydrogen (secondary N) is 2. The summed E-state index contributed by atoms with van der Waals surface area (Å²) in [5, 5.41) is 7.56. The van der Waals surface area contributed by atoms with E-state index in [9.17, 15) is 0 Å². The Morgan fingerprint density at radius 2 is 2.15 bits per heavy atom. The summed E-state index contributed by atoms with van der Waals surface area (Å²) in [5.74, 6) is 1.77. The van der Waals surface area contributed by atoms with Crippen LogP contribution >= 0.6 is 11.8 Å². The molecule has 0 amide bonds. The Morgan fingerprint density at radius 1 is 1.40 bits per heavy atom. The van der Waals surface area contributed by atoms with Gasteiger partial charge in [0, 0.05) is 25.3 Å². The molecule has 1 aromatic rings. The van der Waals surface area contributed by atoms with E-state index in [0.29, 0.717) is 6.04 Å². The molecule has 2 N–H and O–H groups in total. The van der Waals surface area contributed by atoms with Crippen LogP contribution < -0.4 is 10.6 Å². The van der Waals surface area contributed by atoms with Gasteiger partial charge in [-0.25, -0.2) is 9.97 Å². The Kier molecular flexibility index (Phi) is 5.10. The Bertz CT molecular complexity index is 453. The van der Waals surface area contributed by atoms with Gasteiger partial charge in [-0.3, -0.25) is 0 Å². The monoisotopic (exact) mass is 296 g/mol. The number of hydrogen-bond donors (Lipinski definition) is 2. The molecule has 0 aromatic carbocycles. The Hall–Kier alpha value is -1.01. The molecule has 1 atom stereocenters. The van der Waals surface area contributed by atoms with Crippen molar-refractivity contribution in [1.29, 1.82) is 0 Å². The zero-order valence-electron chi connectivity index (χ0n) is 12.7. The first-order chi connectivity index (χ1) is 9.52. The van der Waals surface area contributed by atoms with Gasteiger partial charge in [0.05, 0.1) is 5.60 Å². The van der Waals surface area contributed by atoms with Gasteiger partial charge in [-0.2, -0.15) is 0 Å². The fraction of sp³-hybridized carbons (Fsp3) is 0.714. The van der Waals surface area contributed by atoms with E-state index in [4.69, 9.17) is 4.74 Å². The number of hydrogen-bond acceptors (Lipinski definition) is 6. The van der Waals surface area contributed by atoms with Crippen LogP contribution in [0, 0.1) is 0 Å². The standard InChI is InChI=1S/C14H24N4OS/c1-5-15-11-8-12(18-13(17-11)20-4)16-10-6-7-19-14(2,3)9-10/h8,10H,5-7,9H2,1-4H3,(H2,15,16,17,18). The van der Waals surface area contributed by atoms with Gasteiger partial charge in [0.1, 0.15) is 11.6 Å². The minimum Gasteiger partial charge on any atom is -0.375 e. The summed E-state index contributed by atoms with van der Waals surface area (Å²) in [4.78, 5) is 8.98. The first kappa shape index (κ1) is 15.4. The smallest absolute Gasteiger partial charge is 0.191 e. The molecule has 1 saturated heterocycles. The van der Waals surface area contributed by atoms with Crippen LogP contribution in [-0.2, 0) is 4.74 Å². The number of nitrogens with zero attached hydrogens (tertiary/aromatic N) is 2. The summed E-state index contributed by atoms with van der Waals surface area (Å²) in [6.45, 7) is 7.99. The van der Waals surface area contributed by atoms with Crippen molar-refractivity contribution >= 4 is 23.4 Å². The van der Waals surface area contributed by atoms with Crippen LogP contribution in [-0.4, -0.2) is 41.0 Å². The van der Waals surface area contributed by atoms with E-state index in [1.807, 2.05) is 12.3 Å². The van der Waals surface area contributed by atoms with E-state index in [2.05, 4.69) is 41.4 Å². The lowest BCUT2D eigenvalue weighted by atomic mass is 9.94. The van der Waals surface area contributed by atoms with E-state index >= 15 is 0 Å². The molecule has 1 unspecified atom stereocenters. The number of ether oxygens (including phenoxy) is 1. The highest BCUT2D eigenvalue weighted by Gasteiger charge is 2.29. The lowest BCUT2D eigenvalue weighted by molar-refractivity contribution is -0.0553. The molecule has 0 saturated carbocycles. The van der Waals surface area contributed by atoms with E-state index in [0.717, 1.165) is 42.8 Å². The first-order valence-electron chi connectivity index (χ1n) is 7.10. The number of aromatic nitrogens is 2. The summed E-state index contributed by atoms with van der Waals surface area (Å²) in [7, 11) is 0. The van der Waals surface area contributed by atoms with Gasteiger partial charge in [-0.05, 0) is 39.9 Å². The highest BCUT2D eigenvalue weighted by Crippen LogP contribution is 2.27. The number of rotatable bonds is 5. The zero-order valence-corrected chi connectivity index (χ0v) is 13.5. The lowest BCUT2D eigenvalue weighted by Crippen LogP contribution is -2.40. The normalized spacial score (nSPS) is 21.5. The van der Waals surface area contributed by atoms with Gasteiger partial charge >= 0.3 is 0 Å². The SMILES string of the molecule is CCNc1cc(NC2CCOC(C)(C)C2)nc(SC)n1. The van der Waals surface area contributed by atoms with Crippen molar-refractivity contribution in [2.24, 2.45) is 0 Å². The van der Waals surface area contributed by atoms with Gasteiger partial charge in [-0.1, -0.05) is 11.8 Å². The van der Waals surface area contributed by atoms with E-state index in [1.54, 1.807) is 11.8 Å². The second kappa shape index (κ2) is 6.63. The maximum absolute atomic E-state index is 5.75. The van der Waals surface area contributed by atoms with Crippen LogP contribution in [0.4, 0.5) is 11.6 Å². The predicted molar refractivity (Wildman–Crippen MR) is 84.7 cm³/mol. The highest BCUT2D eigenvalue weighted by atomic mass is 32.2. The summed E-state index contributed by atoms with van der Waals surface area (Å²) >= 11 is 1.56. The molecule has 2 heterocycles. The van der Waals surface area contributed by atoms with Crippen LogP contribution in [0.2, 0.25) is 0 Å². The molecule has 0 spiro atoms. The van der Waals surface area contributed by atoms with Crippen molar-refractivity contribution in [3.63, 3.8) is 0 Å². The van der Waals surface area contributed by atoms with E-state index < -0.39 is 0 Å². The molecule has 1 aliphatic heterocycles. The van der Waals surface area contributed by atoms with Crippen molar-refractivity contribution in [1.82, 2.24) is 9.97 Å². The Labute approximate surface area is 125 Å². The highest BCUT2D eigenvalue weighted by molar-refractivity contribution is 7.98. The minimum absolute atomic E-state index is 0.0597. The van der Waals surface area contributed by atoms with Crippen molar-refractivity contribution < 1.29 is 4.74 Å². The van der Waals surface area contributed by atoms with E-state index in [1.165, 1.54) is 0 Å². The largest absolute Gasteiger partial charge is 0.375 e. The van der Waals surface area contributed by atoms with E-state index in [-0.39, 0.29) is 5.60 Å². The topological polar surface area (TPSA) is 59.1 Å². The quantitative estimate of drug-likeness (QED) is 0.643. The minimum atomic E-state index is -0.0597. The molecular formula is C14H24N4OS. The summed E-state index contributed by atoms with van der Waals surface area (Å²) < 4.78 is 5.75. The van der Waals surface area contributed by atoms with Gasteiger partial charge in [0.25, 0.3) is 0 Å². The van der Waals surface area contributed by atoms with Crippen molar-refractivity contribution in [3.8, 4) is 0 Å². The van der Waals surface area contributed by atoms with Gasteiger partial charge in [0.2, 0.25) is 0 Å². The van der Waals surface area contributed by atoms with Gasteiger partial charge in [-0.15, -0.1) is 0 Å². The molecule has 1 aromatic heterocycles. The molecule has 6 heteroatoms. The Balaban J connectivity index is 2.09. The second-order valence-corrected chi connectivity index (χ2v) is 6.37. The van der Waals surface area contributed by atoms with Crippen LogP contribution in [0.1, 0.15) is 33.6 Å². The fourth-order valence-electron chi connectivity index (χ4n) is 2.43. The molecular weight excluding hydrogens is 272 g/mol. The molecule has 20 heavy (non-hydrogen) atoms. The van der Waals surface area contributed by atoms with Crippen LogP contribution in [0.5, 0.6) is 0 Å². The molecule has 0 aliphatic carbocycles. The zero-order chi connectivity index (χ0) is 14.6. The third kappa shape index (κ3) is 4.24. The summed E-state index contributed by atoms with van der Waals surface area (Å²) in [6, 6.07) is 2.38. The van der Waals surface area contributed by atoms with Crippen molar-refractivity contribution in [2.45, 2.75) is 50.4 Å². The van der Waals surface area contributed by atoms with Crippen LogP contribution in [0.25, 0.3) is 0 Å². The average Bonchev–Trinajstić information content (AvgIpc) is 2.37. The average molecular weight is 296 g/mol. The lowest BCUT2D eigenvalue weighted by Gasteiger charge is -2.36. The maximum Gasteiger partial charge on any atom is 0.191 e. The number of thioether (sulfide) groups is 1. The Morgan fingerprint density at radius 3 is 2.80 bits per heavy atom. The molecule has 1 aliphatic rings. The van der Waals surface area contributed by atoms with Crippen LogP contribution in [0.3, 0.4) is 0 Å². The summed E-state index contributed by atoms with van der Waals surface area (Å²) in [6.07, 6.45) is 3.99. The first-order valence-corrected chi connectivity index (χ1v) is 8.32. The van der Waals surface area contributed by atoms with Gasteiger partial charge < -0.3 is 15.4 Å². The van der Waals surface area contributed by atoms with Gasteiger partial charge in [0.15, 0.2) is 5.16 Å². The molecule has 0 bridgehead atoms. The van der Waals surface area contributed by atoms with Crippen molar-refractivity contribution in [2.75, 3.05) is 30.0 Å². The summed E-state index contributed by atoms with van der Waals surface area (Å²) in [5.41, 5.74) is -0.0597. The molecule has 0 radical (unpaired) electrons. The predicted octanol–water partition coefficient (Wildman–Crippen LogP) is 3.00. The molecule has 2 rings (SSSR count). The maximum atomic E-state index is 5.75.